The lowest BCUT2D eigenvalue weighted by Gasteiger charge is -2.17. The highest BCUT2D eigenvalue weighted by molar-refractivity contribution is 7.98. The fourth-order valence-electron chi connectivity index (χ4n) is 1.01. The second kappa shape index (κ2) is 6.23. The molecule has 0 aliphatic carbocycles. The van der Waals surface area contributed by atoms with Gasteiger partial charge in [-0.25, -0.2) is 9.97 Å². The van der Waals surface area contributed by atoms with Crippen molar-refractivity contribution >= 4 is 46.6 Å². The number of nitrogens with zero attached hydrogens (tertiary/aromatic N) is 2. The minimum Gasteiger partial charge on any atom is -0.389 e. The molecule has 1 rings (SSSR count). The van der Waals surface area contributed by atoms with Crippen LogP contribution < -0.4 is 0 Å². The summed E-state index contributed by atoms with van der Waals surface area (Å²) in [5.74, 6) is -0.141. The van der Waals surface area contributed by atoms with Gasteiger partial charge in [0.15, 0.2) is 5.16 Å². The maximum absolute atomic E-state index is 9.72. The van der Waals surface area contributed by atoms with E-state index in [9.17, 15) is 10.2 Å². The first kappa shape index (κ1) is 14.3. The Morgan fingerprint density at radius 1 is 1.25 bits per heavy atom. The standard InChI is InChI=1S/C8H9Cl3N2O2S/c1-16-8-12-6(10)4(7(11)13-8)5(15)3(14)2-9/h3,5,14-15H,2H2,1H3. The third-order valence-corrected chi connectivity index (χ3v) is 3.27. The van der Waals surface area contributed by atoms with Gasteiger partial charge in [-0.2, -0.15) is 0 Å². The van der Waals surface area contributed by atoms with Gasteiger partial charge in [0.1, 0.15) is 16.4 Å². The summed E-state index contributed by atoms with van der Waals surface area (Å²) in [4.78, 5) is 7.82. The molecule has 0 saturated heterocycles. The molecule has 0 aliphatic rings. The highest BCUT2D eigenvalue weighted by Crippen LogP contribution is 2.31. The number of halogens is 3. The van der Waals surface area contributed by atoms with Crippen LogP contribution in [-0.4, -0.2) is 38.4 Å². The molecule has 90 valence electrons. The molecular weight excluding hydrogens is 295 g/mol. The van der Waals surface area contributed by atoms with Crippen LogP contribution in [0.4, 0.5) is 0 Å². The summed E-state index contributed by atoms with van der Waals surface area (Å²) in [7, 11) is 0. The monoisotopic (exact) mass is 302 g/mol. The van der Waals surface area contributed by atoms with Crippen molar-refractivity contribution in [3.8, 4) is 0 Å². The lowest BCUT2D eigenvalue weighted by Crippen LogP contribution is -2.21. The van der Waals surface area contributed by atoms with Gasteiger partial charge < -0.3 is 10.2 Å². The maximum Gasteiger partial charge on any atom is 0.190 e. The summed E-state index contributed by atoms with van der Waals surface area (Å²) in [5, 5.41) is 19.5. The summed E-state index contributed by atoms with van der Waals surface area (Å²) in [6, 6.07) is 0. The zero-order chi connectivity index (χ0) is 12.3. The molecule has 0 amide bonds. The van der Waals surface area contributed by atoms with Gasteiger partial charge in [-0.3, -0.25) is 0 Å². The van der Waals surface area contributed by atoms with E-state index in [0.29, 0.717) is 5.16 Å². The average Bonchev–Trinajstić information content (AvgIpc) is 2.26. The third kappa shape index (κ3) is 3.12. The van der Waals surface area contributed by atoms with Crippen molar-refractivity contribution in [1.82, 2.24) is 9.97 Å². The zero-order valence-corrected chi connectivity index (χ0v) is 11.3. The molecule has 1 heterocycles. The van der Waals surface area contributed by atoms with E-state index in [1.54, 1.807) is 6.26 Å². The van der Waals surface area contributed by atoms with Gasteiger partial charge in [0.05, 0.1) is 17.5 Å². The predicted molar refractivity (Wildman–Crippen MR) is 65.5 cm³/mol. The molecule has 16 heavy (non-hydrogen) atoms. The van der Waals surface area contributed by atoms with Crippen LogP contribution in [0.15, 0.2) is 5.16 Å². The van der Waals surface area contributed by atoms with Gasteiger partial charge in [0.2, 0.25) is 0 Å². The van der Waals surface area contributed by atoms with Gasteiger partial charge in [-0.1, -0.05) is 35.0 Å². The van der Waals surface area contributed by atoms with Gasteiger partial charge in [-0.05, 0) is 6.26 Å². The number of thioether (sulfide) groups is 1. The topological polar surface area (TPSA) is 66.2 Å². The Hall–Kier alpha value is 0.220. The van der Waals surface area contributed by atoms with Crippen molar-refractivity contribution in [2.24, 2.45) is 0 Å². The van der Waals surface area contributed by atoms with E-state index >= 15 is 0 Å². The van der Waals surface area contributed by atoms with Crippen molar-refractivity contribution < 1.29 is 10.2 Å². The predicted octanol–water partition coefficient (Wildman–Crippen LogP) is 2.14. The molecule has 0 aromatic carbocycles. The summed E-state index contributed by atoms with van der Waals surface area (Å²) in [6.45, 7) is 0. The van der Waals surface area contributed by atoms with Crippen molar-refractivity contribution in [2.75, 3.05) is 12.1 Å². The Morgan fingerprint density at radius 3 is 2.12 bits per heavy atom. The van der Waals surface area contributed by atoms with E-state index in [2.05, 4.69) is 9.97 Å². The van der Waals surface area contributed by atoms with E-state index in [-0.39, 0.29) is 21.7 Å². The van der Waals surface area contributed by atoms with Gasteiger partial charge in [-0.15, -0.1) is 11.6 Å². The third-order valence-electron chi connectivity index (χ3n) is 1.83. The van der Waals surface area contributed by atoms with Crippen LogP contribution >= 0.6 is 46.6 Å². The minimum absolute atomic E-state index is 0.0148. The molecule has 0 fully saturated rings. The van der Waals surface area contributed by atoms with Crippen LogP contribution in [0.25, 0.3) is 0 Å². The van der Waals surface area contributed by atoms with Crippen LogP contribution in [0.5, 0.6) is 0 Å². The van der Waals surface area contributed by atoms with Crippen LogP contribution in [0.2, 0.25) is 10.3 Å². The number of rotatable bonds is 4. The first-order valence-electron chi connectivity index (χ1n) is 4.20. The first-order valence-corrected chi connectivity index (χ1v) is 6.71. The summed E-state index contributed by atoms with van der Waals surface area (Å²) in [6.07, 6.45) is -0.695. The highest BCUT2D eigenvalue weighted by Gasteiger charge is 2.25. The number of hydrogen-bond acceptors (Lipinski definition) is 5. The Morgan fingerprint density at radius 2 is 1.75 bits per heavy atom. The van der Waals surface area contributed by atoms with Crippen molar-refractivity contribution in [3.63, 3.8) is 0 Å². The second-order valence-corrected chi connectivity index (χ2v) is 4.67. The molecule has 0 bridgehead atoms. The Bertz CT molecular complexity index is 357. The largest absolute Gasteiger partial charge is 0.389 e. The molecule has 0 saturated carbocycles. The van der Waals surface area contributed by atoms with Crippen molar-refractivity contribution in [1.29, 1.82) is 0 Å². The number of aliphatic hydroxyl groups excluding tert-OH is 2. The number of alkyl halides is 1. The Kier molecular flexibility index (Phi) is 5.56. The summed E-state index contributed by atoms with van der Waals surface area (Å²) < 4.78 is 0. The maximum atomic E-state index is 9.72. The molecule has 8 heteroatoms. The molecule has 2 atom stereocenters. The highest BCUT2D eigenvalue weighted by atomic mass is 35.5. The molecule has 4 nitrogen and oxygen atoms in total. The van der Waals surface area contributed by atoms with Gasteiger partial charge in [0.25, 0.3) is 0 Å². The summed E-state index contributed by atoms with van der Waals surface area (Å²) in [5.41, 5.74) is 0.0919. The SMILES string of the molecule is CSc1nc(Cl)c(C(O)C(O)CCl)c(Cl)n1. The van der Waals surface area contributed by atoms with E-state index in [0.717, 1.165) is 0 Å². The van der Waals surface area contributed by atoms with Crippen LogP contribution in [-0.2, 0) is 0 Å². The quantitative estimate of drug-likeness (QED) is 0.386. The van der Waals surface area contributed by atoms with Crippen LogP contribution in [0.3, 0.4) is 0 Å². The molecule has 1 aromatic rings. The fourth-order valence-corrected chi connectivity index (χ4v) is 2.26. The summed E-state index contributed by atoms with van der Waals surface area (Å²) >= 11 is 18.4. The van der Waals surface area contributed by atoms with Gasteiger partial charge >= 0.3 is 0 Å². The second-order valence-electron chi connectivity index (χ2n) is 2.87. The van der Waals surface area contributed by atoms with E-state index in [4.69, 9.17) is 34.8 Å². The van der Waals surface area contributed by atoms with E-state index in [1.165, 1.54) is 11.8 Å². The number of aliphatic hydroxyl groups is 2. The molecule has 0 radical (unpaired) electrons. The first-order chi connectivity index (χ1) is 7.51. The lowest BCUT2D eigenvalue weighted by molar-refractivity contribution is 0.0323. The Balaban J connectivity index is 3.14. The van der Waals surface area contributed by atoms with E-state index < -0.39 is 12.2 Å². The smallest absolute Gasteiger partial charge is 0.190 e. The minimum atomic E-state index is -1.30. The number of aromatic nitrogens is 2. The Labute approximate surface area is 112 Å². The molecule has 2 N–H and O–H groups in total. The molecular formula is C8H9Cl3N2O2S. The molecule has 0 aliphatic heterocycles. The molecule has 1 aromatic heterocycles. The fraction of sp³-hybridized carbons (Fsp3) is 0.500. The van der Waals surface area contributed by atoms with Gasteiger partial charge in [0, 0.05) is 0 Å². The molecule has 0 spiro atoms. The zero-order valence-electron chi connectivity index (χ0n) is 8.19. The number of hydrogen-bond donors (Lipinski definition) is 2. The van der Waals surface area contributed by atoms with Crippen LogP contribution in [0, 0.1) is 0 Å². The normalized spacial score (nSPS) is 14.9. The van der Waals surface area contributed by atoms with E-state index in [1.807, 2.05) is 0 Å². The average molecular weight is 304 g/mol. The van der Waals surface area contributed by atoms with Crippen LogP contribution in [0.1, 0.15) is 11.7 Å². The molecule has 2 unspecified atom stereocenters. The van der Waals surface area contributed by atoms with Crippen molar-refractivity contribution in [3.05, 3.63) is 15.9 Å². The van der Waals surface area contributed by atoms with Crippen molar-refractivity contribution in [2.45, 2.75) is 17.4 Å². The lowest BCUT2D eigenvalue weighted by atomic mass is 10.1.